The molecule has 0 aliphatic heterocycles. The van der Waals surface area contributed by atoms with Crippen molar-refractivity contribution in [2.24, 2.45) is 0 Å². The summed E-state index contributed by atoms with van der Waals surface area (Å²) in [6.45, 7) is 1.56. The molecule has 5 rings (SSSR count). The lowest BCUT2D eigenvalue weighted by molar-refractivity contribution is 0.0582. The Hall–Kier alpha value is -4.61. The van der Waals surface area contributed by atoms with E-state index < -0.39 is 6.09 Å². The minimum atomic E-state index is -0.396. The van der Waals surface area contributed by atoms with E-state index >= 15 is 0 Å². The topological polar surface area (TPSA) is 105 Å². The van der Waals surface area contributed by atoms with Crippen LogP contribution in [0.4, 0.5) is 4.79 Å². The van der Waals surface area contributed by atoms with E-state index in [1.54, 1.807) is 30.9 Å². The molecule has 8 nitrogen and oxygen atoms in total. The number of hydrogen-bond donors (Lipinski definition) is 2. The molecule has 1 heterocycles. The lowest BCUT2D eigenvalue weighted by Crippen LogP contribution is -2.44. The zero-order chi connectivity index (χ0) is 29.5. The van der Waals surface area contributed by atoms with Gasteiger partial charge in [0.15, 0.2) is 0 Å². The summed E-state index contributed by atoms with van der Waals surface area (Å²) in [5, 5.41) is 17.7. The number of hydrogen-bond acceptors (Lipinski definition) is 6. The van der Waals surface area contributed by atoms with Crippen molar-refractivity contribution < 1.29 is 14.3 Å². The summed E-state index contributed by atoms with van der Waals surface area (Å²) >= 11 is 0. The molecule has 0 spiro atoms. The molecule has 0 unspecified atom stereocenters. The number of nitrogens with zero attached hydrogens (tertiary/aromatic N) is 2. The Balaban J connectivity index is 1.41. The molecule has 216 valence electrons. The van der Waals surface area contributed by atoms with Crippen LogP contribution in [0.5, 0.6) is 5.75 Å². The molecule has 0 bridgehead atoms. The first-order valence-corrected chi connectivity index (χ1v) is 14.3. The molecule has 4 aromatic rings. The monoisotopic (exact) mass is 564 g/mol. The van der Waals surface area contributed by atoms with E-state index in [9.17, 15) is 14.9 Å². The van der Waals surface area contributed by atoms with Crippen LogP contribution in [0.1, 0.15) is 36.9 Å². The first-order chi connectivity index (χ1) is 20.5. The Morgan fingerprint density at radius 2 is 1.71 bits per heavy atom. The molecule has 42 heavy (non-hydrogen) atoms. The van der Waals surface area contributed by atoms with E-state index in [0.717, 1.165) is 36.8 Å². The van der Waals surface area contributed by atoms with Gasteiger partial charge in [-0.3, -0.25) is 9.36 Å². The van der Waals surface area contributed by atoms with Gasteiger partial charge in [-0.05, 0) is 55.0 Å². The van der Waals surface area contributed by atoms with E-state index in [2.05, 4.69) is 41.0 Å². The molecule has 2 N–H and O–H groups in total. The second-order valence-electron chi connectivity index (χ2n) is 10.7. The summed E-state index contributed by atoms with van der Waals surface area (Å²) < 4.78 is 12.6. The number of carbonyl (C=O) groups is 1. The highest BCUT2D eigenvalue weighted by Crippen LogP contribution is 2.40. The third kappa shape index (κ3) is 5.88. The molecule has 3 aromatic carbocycles. The van der Waals surface area contributed by atoms with E-state index in [0.29, 0.717) is 41.9 Å². The Morgan fingerprint density at radius 3 is 2.36 bits per heavy atom. The van der Waals surface area contributed by atoms with Crippen molar-refractivity contribution in [3.63, 3.8) is 0 Å². The number of aromatic nitrogens is 1. The number of rotatable bonds is 9. The number of fused-ring (bicyclic) bond motifs is 1. The summed E-state index contributed by atoms with van der Waals surface area (Å²) in [4.78, 5) is 25.5. The van der Waals surface area contributed by atoms with E-state index in [1.165, 1.54) is 5.56 Å². The molecular formula is C34H36N4O4. The zero-order valence-electron chi connectivity index (χ0n) is 24.1. The molecule has 8 heteroatoms. The molecule has 1 aliphatic rings. The van der Waals surface area contributed by atoms with Crippen molar-refractivity contribution in [2.75, 3.05) is 27.2 Å². The molecule has 1 fully saturated rings. The van der Waals surface area contributed by atoms with Gasteiger partial charge >= 0.3 is 6.09 Å². The maximum Gasteiger partial charge on any atom is 0.407 e. The van der Waals surface area contributed by atoms with Gasteiger partial charge in [0, 0.05) is 48.4 Å². The number of ether oxygens (including phenoxy) is 2. The Kier molecular flexibility index (Phi) is 8.89. The van der Waals surface area contributed by atoms with Gasteiger partial charge in [-0.1, -0.05) is 60.7 Å². The van der Waals surface area contributed by atoms with Crippen LogP contribution in [0.3, 0.4) is 0 Å². The molecule has 0 radical (unpaired) electrons. The van der Waals surface area contributed by atoms with Gasteiger partial charge in [-0.25, -0.2) is 4.79 Å². The third-order valence-corrected chi connectivity index (χ3v) is 8.38. The van der Waals surface area contributed by atoms with Crippen LogP contribution >= 0.6 is 0 Å². The van der Waals surface area contributed by atoms with Gasteiger partial charge in [0.1, 0.15) is 23.6 Å². The van der Waals surface area contributed by atoms with Crippen molar-refractivity contribution in [3.05, 3.63) is 100 Å². The second-order valence-corrected chi connectivity index (χ2v) is 10.7. The number of benzene rings is 3. The van der Waals surface area contributed by atoms with Crippen LogP contribution in [-0.2, 0) is 16.7 Å². The van der Waals surface area contributed by atoms with Crippen LogP contribution in [0.2, 0.25) is 0 Å². The number of alkyl carbamates (subject to hydrolysis) is 1. The second kappa shape index (κ2) is 12.9. The quantitative estimate of drug-likeness (QED) is 0.265. The number of amides is 1. The van der Waals surface area contributed by atoms with E-state index in [-0.39, 0.29) is 17.1 Å². The van der Waals surface area contributed by atoms with Gasteiger partial charge in [0.2, 0.25) is 0 Å². The van der Waals surface area contributed by atoms with E-state index in [1.807, 2.05) is 42.5 Å². The van der Waals surface area contributed by atoms with Crippen LogP contribution in [0.25, 0.3) is 21.9 Å². The average Bonchev–Trinajstić information content (AvgIpc) is 3.05. The molecule has 1 saturated carbocycles. The molecule has 0 saturated heterocycles. The predicted octanol–water partition coefficient (Wildman–Crippen LogP) is 5.37. The van der Waals surface area contributed by atoms with E-state index in [4.69, 9.17) is 9.47 Å². The van der Waals surface area contributed by atoms with Crippen molar-refractivity contribution >= 4 is 16.9 Å². The minimum Gasteiger partial charge on any atom is -0.497 e. The number of carbonyl (C=O) groups excluding carboxylic acids is 1. The Bertz CT molecular complexity index is 1640. The molecule has 1 aromatic heterocycles. The smallest absolute Gasteiger partial charge is 0.407 e. The molecule has 0 atom stereocenters. The van der Waals surface area contributed by atoms with Crippen LogP contribution in [0, 0.1) is 11.3 Å². The maximum atomic E-state index is 13.7. The number of pyridine rings is 1. The highest BCUT2D eigenvalue weighted by atomic mass is 16.6. The van der Waals surface area contributed by atoms with Crippen LogP contribution in [0.15, 0.2) is 83.7 Å². The van der Waals surface area contributed by atoms with Gasteiger partial charge in [0.05, 0.1) is 7.11 Å². The van der Waals surface area contributed by atoms with Crippen molar-refractivity contribution in [1.82, 2.24) is 15.2 Å². The van der Waals surface area contributed by atoms with Gasteiger partial charge in [-0.15, -0.1) is 0 Å². The Labute approximate surface area is 245 Å². The predicted molar refractivity (Wildman–Crippen MR) is 164 cm³/mol. The summed E-state index contributed by atoms with van der Waals surface area (Å²) in [5.74, 6) is 0.629. The molecular weight excluding hydrogens is 528 g/mol. The standard InChI is InChI=1S/C34H36N4O4/c1-36-33(40)42-26-15-17-34(18-16-26,25-11-7-4-8-12-25)23-37-19-20-38-30(22-35)31(24-9-5-3-6-10-24)29-21-27(41-2)13-14-28(29)32(38)39/h3-14,21,26,37H,15-20,23H2,1-2H3,(H,36,40). The summed E-state index contributed by atoms with van der Waals surface area (Å²) in [7, 11) is 3.16. The fourth-order valence-corrected chi connectivity index (χ4v) is 6.13. The minimum absolute atomic E-state index is 0.105. The summed E-state index contributed by atoms with van der Waals surface area (Å²) in [5.41, 5.74) is 2.85. The highest BCUT2D eigenvalue weighted by molar-refractivity contribution is 5.99. The largest absolute Gasteiger partial charge is 0.497 e. The van der Waals surface area contributed by atoms with Gasteiger partial charge in [0.25, 0.3) is 5.56 Å². The summed E-state index contributed by atoms with van der Waals surface area (Å²) in [6, 6.07) is 27.8. The number of nitrogens with one attached hydrogen (secondary N) is 2. The lowest BCUT2D eigenvalue weighted by Gasteiger charge is -2.40. The van der Waals surface area contributed by atoms with Gasteiger partial charge in [-0.2, -0.15) is 5.26 Å². The zero-order valence-corrected chi connectivity index (χ0v) is 24.1. The molecule has 1 amide bonds. The first-order valence-electron chi connectivity index (χ1n) is 14.3. The summed E-state index contributed by atoms with van der Waals surface area (Å²) in [6.07, 6.45) is 2.78. The normalized spacial score (nSPS) is 18.3. The van der Waals surface area contributed by atoms with Crippen molar-refractivity contribution in [1.29, 1.82) is 5.26 Å². The highest BCUT2D eigenvalue weighted by Gasteiger charge is 2.37. The fraction of sp³-hybridized carbons (Fsp3) is 0.324. The maximum absolute atomic E-state index is 13.7. The Morgan fingerprint density at radius 1 is 1.02 bits per heavy atom. The number of nitriles is 1. The number of methoxy groups -OCH3 is 1. The first kappa shape index (κ1) is 28.9. The van der Waals surface area contributed by atoms with Crippen molar-refractivity contribution in [3.8, 4) is 22.9 Å². The van der Waals surface area contributed by atoms with Crippen LogP contribution in [-0.4, -0.2) is 44.0 Å². The fourth-order valence-electron chi connectivity index (χ4n) is 6.13. The SMILES string of the molecule is CNC(=O)OC1CCC(CNCCn2c(C#N)c(-c3ccccc3)c3cc(OC)ccc3c2=O)(c2ccccc2)CC1. The van der Waals surface area contributed by atoms with Crippen LogP contribution < -0.4 is 20.9 Å². The van der Waals surface area contributed by atoms with Crippen molar-refractivity contribution in [2.45, 2.75) is 43.7 Å². The van der Waals surface area contributed by atoms with Gasteiger partial charge < -0.3 is 20.1 Å². The lowest BCUT2D eigenvalue weighted by atomic mass is 9.68. The third-order valence-electron chi connectivity index (χ3n) is 8.38. The average molecular weight is 565 g/mol. The molecule has 1 aliphatic carbocycles.